The molecule has 0 saturated carbocycles. The maximum atomic E-state index is 12.2. The zero-order valence-electron chi connectivity index (χ0n) is 15.7. The fourth-order valence-electron chi connectivity index (χ4n) is 2.64. The van der Waals surface area contributed by atoms with Gasteiger partial charge in [0.05, 0.1) is 24.3 Å². The highest BCUT2D eigenvalue weighted by molar-refractivity contribution is 6.43. The lowest BCUT2D eigenvalue weighted by Crippen LogP contribution is -2.31. The van der Waals surface area contributed by atoms with Crippen molar-refractivity contribution in [3.8, 4) is 0 Å². The van der Waals surface area contributed by atoms with E-state index in [9.17, 15) is 19.2 Å². The van der Waals surface area contributed by atoms with Gasteiger partial charge >= 0.3 is 11.9 Å². The molecular weight excluding hydrogens is 366 g/mol. The predicted molar refractivity (Wildman–Crippen MR) is 99.9 cm³/mol. The Hall–Kier alpha value is -3.23. The molecule has 0 radical (unpaired) electrons. The average Bonchev–Trinajstić information content (AvgIpc) is 2.62. The molecule has 28 heavy (non-hydrogen) atoms. The first-order valence-corrected chi connectivity index (χ1v) is 8.75. The second kappa shape index (κ2) is 10.2. The summed E-state index contributed by atoms with van der Waals surface area (Å²) >= 11 is 0. The van der Waals surface area contributed by atoms with Gasteiger partial charge in [-0.15, -0.1) is 0 Å². The van der Waals surface area contributed by atoms with Crippen molar-refractivity contribution in [2.45, 2.75) is 39.5 Å². The summed E-state index contributed by atoms with van der Waals surface area (Å²) in [4.78, 5) is 50.7. The van der Waals surface area contributed by atoms with E-state index in [4.69, 9.17) is 21.0 Å². The van der Waals surface area contributed by atoms with Crippen molar-refractivity contribution < 1.29 is 29.4 Å². The van der Waals surface area contributed by atoms with Crippen molar-refractivity contribution in [2.24, 2.45) is 11.8 Å². The Kier molecular flexibility index (Phi) is 8.30. The van der Waals surface area contributed by atoms with Crippen LogP contribution in [0, 0.1) is 22.7 Å². The molecule has 0 unspecified atom stereocenters. The molecule has 0 bridgehead atoms. The van der Waals surface area contributed by atoms with Crippen molar-refractivity contribution in [3.63, 3.8) is 0 Å². The zero-order valence-corrected chi connectivity index (χ0v) is 15.7. The number of carbonyl (C=O) groups excluding carboxylic acids is 2. The summed E-state index contributed by atoms with van der Waals surface area (Å²) in [5.41, 5.74) is -0.492. The quantitative estimate of drug-likeness (QED) is 0.393. The fraction of sp³-hybridized carbons (Fsp3) is 0.421. The van der Waals surface area contributed by atoms with E-state index < -0.39 is 46.8 Å². The van der Waals surface area contributed by atoms with Gasteiger partial charge in [-0.1, -0.05) is 19.9 Å². The van der Waals surface area contributed by atoms with Crippen LogP contribution >= 0.6 is 0 Å². The third-order valence-corrected chi connectivity index (χ3v) is 4.26. The van der Waals surface area contributed by atoms with Crippen molar-refractivity contribution in [1.82, 2.24) is 4.98 Å². The van der Waals surface area contributed by atoms with E-state index in [1.165, 1.54) is 12.1 Å². The highest BCUT2D eigenvalue weighted by Crippen LogP contribution is 2.11. The third-order valence-electron chi connectivity index (χ3n) is 4.26. The summed E-state index contributed by atoms with van der Waals surface area (Å²) in [5.74, 6) is -6.18. The second-order valence-corrected chi connectivity index (χ2v) is 6.25. The topological polar surface area (TPSA) is 169 Å². The standard InChI is InChI=1S/C19H23N3O6/c1-3-12(18(25)26)16(20)14(23)8-10-6-5-7-11(22-10)9-15(24)17(21)13(4-2)19(27)28/h5-7,12-13,20-21H,3-4,8-9H2,1-2H3,(H,25,26)(H,27,28)/t12-,13-/m1/s1. The van der Waals surface area contributed by atoms with Crippen molar-refractivity contribution in [2.75, 3.05) is 0 Å². The molecule has 0 aromatic carbocycles. The van der Waals surface area contributed by atoms with E-state index in [2.05, 4.69) is 4.98 Å². The van der Waals surface area contributed by atoms with Gasteiger partial charge in [0.1, 0.15) is 11.8 Å². The largest absolute Gasteiger partial charge is 0.481 e. The number of ketones is 2. The molecule has 1 aromatic rings. The minimum Gasteiger partial charge on any atom is -0.481 e. The monoisotopic (exact) mass is 389 g/mol. The minimum absolute atomic E-state index is 0.117. The summed E-state index contributed by atoms with van der Waals surface area (Å²) in [7, 11) is 0. The van der Waals surface area contributed by atoms with Crippen LogP contribution in [-0.4, -0.2) is 50.1 Å². The number of hydrogen-bond donors (Lipinski definition) is 4. The van der Waals surface area contributed by atoms with Crippen molar-refractivity contribution >= 4 is 34.9 Å². The number of carbonyl (C=O) groups is 4. The lowest BCUT2D eigenvalue weighted by molar-refractivity contribution is -0.140. The number of hydrogen-bond acceptors (Lipinski definition) is 7. The summed E-state index contributed by atoms with van der Waals surface area (Å²) in [6, 6.07) is 4.57. The van der Waals surface area contributed by atoms with Crippen LogP contribution in [-0.2, 0) is 32.0 Å². The molecule has 1 rings (SSSR count). The lowest BCUT2D eigenvalue weighted by atomic mass is 9.94. The first-order chi connectivity index (χ1) is 13.1. The second-order valence-electron chi connectivity index (χ2n) is 6.25. The van der Waals surface area contributed by atoms with Crippen molar-refractivity contribution in [1.29, 1.82) is 10.8 Å². The predicted octanol–water partition coefficient (Wildman–Crippen LogP) is 1.57. The van der Waals surface area contributed by atoms with Gasteiger partial charge in [-0.05, 0) is 25.0 Å². The van der Waals surface area contributed by atoms with Crippen molar-refractivity contribution in [3.05, 3.63) is 29.6 Å². The Morgan fingerprint density at radius 3 is 1.50 bits per heavy atom. The number of carboxylic acid groups (broad SMARTS) is 2. The van der Waals surface area contributed by atoms with Gasteiger partial charge in [0.2, 0.25) is 0 Å². The number of carboxylic acids is 2. The normalized spacial score (nSPS) is 12.6. The molecule has 2 atom stereocenters. The van der Waals surface area contributed by atoms with Crippen LogP contribution in [0.5, 0.6) is 0 Å². The van der Waals surface area contributed by atoms with Crippen LogP contribution in [0.2, 0.25) is 0 Å². The van der Waals surface area contributed by atoms with E-state index in [-0.39, 0.29) is 37.1 Å². The number of nitrogens with one attached hydrogen (secondary N) is 2. The molecule has 9 nitrogen and oxygen atoms in total. The lowest BCUT2D eigenvalue weighted by Gasteiger charge is -2.11. The Morgan fingerprint density at radius 1 is 0.857 bits per heavy atom. The molecule has 150 valence electrons. The van der Waals surface area contributed by atoms with Gasteiger partial charge in [-0.2, -0.15) is 0 Å². The summed E-state index contributed by atoms with van der Waals surface area (Å²) in [6.45, 7) is 3.14. The average molecular weight is 389 g/mol. The third kappa shape index (κ3) is 5.90. The van der Waals surface area contributed by atoms with Gasteiger partial charge in [0.25, 0.3) is 0 Å². The van der Waals surface area contributed by atoms with Gasteiger partial charge in [0.15, 0.2) is 11.6 Å². The number of nitrogens with zero attached hydrogens (tertiary/aromatic N) is 1. The molecule has 0 saturated heterocycles. The molecule has 1 aromatic heterocycles. The molecule has 9 heteroatoms. The summed E-state index contributed by atoms with van der Waals surface area (Å²) in [6.07, 6.45) is -0.331. The maximum Gasteiger partial charge on any atom is 0.312 e. The Bertz CT molecular complexity index is 754. The first kappa shape index (κ1) is 22.8. The number of aromatic nitrogens is 1. The van der Waals surface area contributed by atoms with E-state index in [1.807, 2.05) is 0 Å². The summed E-state index contributed by atoms with van der Waals surface area (Å²) in [5, 5.41) is 33.6. The molecule has 0 aliphatic rings. The van der Waals surface area contributed by atoms with E-state index in [0.29, 0.717) is 0 Å². The fourth-order valence-corrected chi connectivity index (χ4v) is 2.64. The van der Waals surface area contributed by atoms with Crippen LogP contribution in [0.4, 0.5) is 0 Å². The minimum atomic E-state index is -1.24. The van der Waals surface area contributed by atoms with Crippen LogP contribution in [0.15, 0.2) is 18.2 Å². The van der Waals surface area contributed by atoms with E-state index >= 15 is 0 Å². The number of pyridine rings is 1. The molecule has 0 spiro atoms. The van der Waals surface area contributed by atoms with Gasteiger partial charge in [-0.3, -0.25) is 24.2 Å². The van der Waals surface area contributed by atoms with Gasteiger partial charge < -0.3 is 21.0 Å². The SMILES string of the molecule is CC[C@H](C(=N)C(=O)Cc1cccc(CC(=O)C(=N)[C@@H](CC)C(=O)O)n1)C(=O)O. The Morgan fingerprint density at radius 2 is 1.21 bits per heavy atom. The van der Waals surface area contributed by atoms with Gasteiger partial charge in [0, 0.05) is 11.4 Å². The molecule has 0 aliphatic heterocycles. The molecular formula is C19H23N3O6. The van der Waals surface area contributed by atoms with Gasteiger partial charge in [-0.25, -0.2) is 0 Å². The van der Waals surface area contributed by atoms with Crippen LogP contribution < -0.4 is 0 Å². The molecule has 0 fully saturated rings. The molecule has 1 heterocycles. The molecule has 0 amide bonds. The number of aliphatic carboxylic acids is 2. The highest BCUT2D eigenvalue weighted by Gasteiger charge is 2.27. The first-order valence-electron chi connectivity index (χ1n) is 8.75. The van der Waals surface area contributed by atoms with Crippen LogP contribution in [0.25, 0.3) is 0 Å². The molecule has 0 aliphatic carbocycles. The Balaban J connectivity index is 2.87. The van der Waals surface area contributed by atoms with Crippen LogP contribution in [0.1, 0.15) is 38.1 Å². The van der Waals surface area contributed by atoms with E-state index in [0.717, 1.165) is 0 Å². The van der Waals surface area contributed by atoms with E-state index in [1.54, 1.807) is 19.9 Å². The smallest absolute Gasteiger partial charge is 0.312 e. The number of Topliss-reactive ketones (excluding diaryl/α,β-unsaturated/α-hetero) is 2. The maximum absolute atomic E-state index is 12.2. The summed E-state index contributed by atoms with van der Waals surface area (Å²) < 4.78 is 0. The highest BCUT2D eigenvalue weighted by atomic mass is 16.4. The Labute approximate surface area is 161 Å². The zero-order chi connectivity index (χ0) is 21.4. The number of rotatable bonds is 12. The molecule has 4 N–H and O–H groups in total. The van der Waals surface area contributed by atoms with Crippen LogP contribution in [0.3, 0.4) is 0 Å².